The van der Waals surface area contributed by atoms with Gasteiger partial charge in [0.25, 0.3) is 0 Å². The third kappa shape index (κ3) is 10.8. The number of nitrogens with two attached hydrogens (primary N) is 5. The van der Waals surface area contributed by atoms with Gasteiger partial charge in [-0.15, -0.1) is 0 Å². The summed E-state index contributed by atoms with van der Waals surface area (Å²) >= 11 is 0. The molecule has 10 rings (SSSR count). The molecule has 0 aromatic carbocycles. The Kier molecular flexibility index (Phi) is 20.1. The second-order valence-electron chi connectivity index (χ2n) is 37.4. The number of carboxylic acid groups (broad SMARTS) is 2. The van der Waals surface area contributed by atoms with Crippen LogP contribution in [0.5, 0.6) is 0 Å². The fraction of sp³-hybridized carbons (Fsp3) is 0.920. The van der Waals surface area contributed by atoms with E-state index in [2.05, 4.69) is 182 Å². The highest BCUT2D eigenvalue weighted by Gasteiger charge is 2.74. The molecule has 6 saturated carbocycles. The van der Waals surface area contributed by atoms with Crippen molar-refractivity contribution in [1.82, 2.24) is 5.43 Å². The number of hydrazine groups is 2. The zero-order valence-electron chi connectivity index (χ0n) is 61.1. The molecule has 90 heavy (non-hydrogen) atoms. The Bertz CT molecular complexity index is 2510. The van der Waals surface area contributed by atoms with Gasteiger partial charge in [0.15, 0.2) is 0 Å². The molecule has 10 aliphatic rings. The first-order valence-electron chi connectivity index (χ1n) is 35.5. The molecule has 8 fully saturated rings. The van der Waals surface area contributed by atoms with E-state index in [4.69, 9.17) is 41.0 Å². The Morgan fingerprint density at radius 3 is 1.29 bits per heavy atom. The molecule has 2 saturated heterocycles. The van der Waals surface area contributed by atoms with Gasteiger partial charge in [0.2, 0.25) is 0 Å². The van der Waals surface area contributed by atoms with Gasteiger partial charge in [-0.25, -0.2) is 0 Å². The minimum atomic E-state index is -0.613. The Morgan fingerprint density at radius 2 is 0.944 bits per heavy atom. The molecule has 0 aromatic rings. The van der Waals surface area contributed by atoms with Gasteiger partial charge in [-0.1, -0.05) is 162 Å². The van der Waals surface area contributed by atoms with Gasteiger partial charge < -0.3 is 45.4 Å². The van der Waals surface area contributed by atoms with E-state index in [-0.39, 0.29) is 101 Å². The van der Waals surface area contributed by atoms with Crippen LogP contribution in [0.3, 0.4) is 0 Å². The van der Waals surface area contributed by atoms with E-state index in [9.17, 15) is 19.8 Å². The van der Waals surface area contributed by atoms with Crippen LogP contribution in [0.25, 0.3) is 0 Å². The van der Waals surface area contributed by atoms with Gasteiger partial charge in [-0.2, -0.15) is 0 Å². The molecule has 8 aliphatic carbocycles. The summed E-state index contributed by atoms with van der Waals surface area (Å²) in [5.41, 5.74) is 16.8. The standard InChI is InChI=1S/C38H65NO5.C37H65N3O4.H4N2/c1-23(2)24(3)33(7)17-18-35(9)25-13-14-28-34(8)20-43-22-38(28,26(25)15-16-36(35,10)29(33)31(40)41)19-27(42-12)30(34)44-21-37(11,39)32(4,5)6;1-22(2)23(3)32(7)16-17-34(9)24-12-13-27-33(8)19-43-21-37(27,25(24)14-15-35(34,10)28(32)30(41)42)18-26(40-39)29(33)44-20-36(11,38)31(4,5)6;1-2/h15,23-25,27-30H,13-14,16-22,39H2,1-12H3,(H,40,41);14,22-24,26-29,40H,12-13,15-21,38-39H2,1-11H3,(H,41,42);1-2H2/t24-,25+,27-,28+,29-,30+,33-,34-,35-,36+,37+,38+;23-,24+,26-,27+,28-,29+,32-,33-,34-,35+,36+,37+;/m11./s1. The molecular weight excluding hydrogens is 1130 g/mol. The van der Waals surface area contributed by atoms with E-state index >= 15 is 0 Å². The highest BCUT2D eigenvalue weighted by molar-refractivity contribution is 5.74. The minimum absolute atomic E-state index is 0.0232. The second kappa shape index (κ2) is 24.5. The normalized spacial score (nSPS) is 46.5. The number of ether oxygens (including phenoxy) is 5. The molecule has 4 bridgehead atoms. The molecule has 24 atom stereocenters. The lowest BCUT2D eigenvalue weighted by Crippen LogP contribution is -2.72. The van der Waals surface area contributed by atoms with Crippen LogP contribution in [0.15, 0.2) is 23.3 Å². The highest BCUT2D eigenvalue weighted by Crippen LogP contribution is 2.77. The molecule has 0 unspecified atom stereocenters. The number of aliphatic carboxylic acids is 2. The number of methoxy groups -OCH3 is 1. The summed E-state index contributed by atoms with van der Waals surface area (Å²) in [5, 5.41) is 21.9. The van der Waals surface area contributed by atoms with Crippen LogP contribution in [-0.4, -0.2) is 104 Å². The number of allylic oxidation sites excluding steroid dienone is 2. The largest absolute Gasteiger partial charge is 0.481 e. The predicted octanol–water partition coefficient (Wildman–Crippen LogP) is 13.1. The Balaban J connectivity index is 0.000000226. The van der Waals surface area contributed by atoms with Crippen LogP contribution in [0.1, 0.15) is 229 Å². The van der Waals surface area contributed by atoms with E-state index < -0.39 is 23.0 Å². The first-order chi connectivity index (χ1) is 41.3. The Hall–Kier alpha value is -2.02. The molecule has 13 N–H and O–H groups in total. The Labute approximate surface area is 546 Å². The van der Waals surface area contributed by atoms with Gasteiger partial charge in [0.1, 0.15) is 0 Å². The average molecular weight is 1260 g/mol. The fourth-order valence-electron chi connectivity index (χ4n) is 23.1. The van der Waals surface area contributed by atoms with Crippen molar-refractivity contribution in [2.45, 2.75) is 265 Å². The number of carbonyl (C=O) groups is 2. The lowest BCUT2D eigenvalue weighted by molar-refractivity contribution is -0.270. The summed E-state index contributed by atoms with van der Waals surface area (Å²) in [4.78, 5) is 26.7. The molecule has 518 valence electrons. The number of rotatable bonds is 14. The molecule has 0 amide bonds. The summed E-state index contributed by atoms with van der Waals surface area (Å²) in [6.45, 7) is 53.4. The van der Waals surface area contributed by atoms with Crippen LogP contribution < -0.4 is 34.4 Å². The summed E-state index contributed by atoms with van der Waals surface area (Å²) < 4.78 is 33.2. The van der Waals surface area contributed by atoms with Gasteiger partial charge in [0.05, 0.1) is 69.8 Å². The first kappa shape index (κ1) is 73.8. The molecule has 2 aliphatic heterocycles. The fourth-order valence-corrected chi connectivity index (χ4v) is 23.1. The third-order valence-electron chi connectivity index (χ3n) is 31.3. The molecule has 15 nitrogen and oxygen atoms in total. The van der Waals surface area contributed by atoms with Gasteiger partial charge >= 0.3 is 11.9 Å². The van der Waals surface area contributed by atoms with Crippen molar-refractivity contribution < 1.29 is 43.5 Å². The van der Waals surface area contributed by atoms with Crippen LogP contribution in [-0.2, 0) is 33.3 Å². The molecule has 2 heterocycles. The smallest absolute Gasteiger partial charge is 0.307 e. The van der Waals surface area contributed by atoms with Gasteiger partial charge in [0, 0.05) is 45.9 Å². The molecule has 0 spiro atoms. The van der Waals surface area contributed by atoms with Crippen molar-refractivity contribution in [1.29, 1.82) is 0 Å². The SMILES string of the molecule is CC(C)[C@@H](C)[C@@]1(C)CC[C@]2(C)[C@H]3CC[C@@H]4[C@@]5(COC[C@@]4(C)[C@@H](OC[C@](C)(N)C(C)(C)C)[C@H](NN)C5)C3=CC[C@@]2(C)[C@@H]1C(=O)O.CO[C@@H]1C[C@@]23COC[C@](C)([C@@H]2CC[C@H]2C3=CC[C@@]3(C)[C@H](C(=O)O)[C@@](C)([C@H](C)C(C)C)CC[C@]23C)[C@H]1OC[C@](C)(N)C(C)(C)C.NN. The van der Waals surface area contributed by atoms with Crippen molar-refractivity contribution in [2.75, 3.05) is 46.8 Å². The second-order valence-corrected chi connectivity index (χ2v) is 37.4. The predicted molar refractivity (Wildman–Crippen MR) is 361 cm³/mol. The summed E-state index contributed by atoms with van der Waals surface area (Å²) in [7, 11) is 1.84. The van der Waals surface area contributed by atoms with Gasteiger partial charge in [-0.3, -0.25) is 32.5 Å². The number of carboxylic acids is 2. The lowest BCUT2D eigenvalue weighted by Gasteiger charge is -2.71. The quantitative estimate of drug-likeness (QED) is 0.0457. The monoisotopic (exact) mass is 1260 g/mol. The Morgan fingerprint density at radius 1 is 0.578 bits per heavy atom. The summed E-state index contributed by atoms with van der Waals surface area (Å²) in [6, 6.07) is -0.0232. The van der Waals surface area contributed by atoms with E-state index in [0.717, 1.165) is 83.7 Å². The summed E-state index contributed by atoms with van der Waals surface area (Å²) in [6.07, 6.45) is 16.6. The first-order valence-corrected chi connectivity index (χ1v) is 35.5. The topological polar surface area (TPSA) is 263 Å². The molecular formula is C75H134N6O9. The zero-order chi connectivity index (χ0) is 67.8. The van der Waals surface area contributed by atoms with E-state index in [1.807, 2.05) is 7.11 Å². The van der Waals surface area contributed by atoms with E-state index in [1.54, 1.807) is 5.57 Å². The van der Waals surface area contributed by atoms with Crippen molar-refractivity contribution in [2.24, 2.45) is 153 Å². The number of nitrogens with one attached hydrogen (secondary N) is 1. The third-order valence-corrected chi connectivity index (χ3v) is 31.3. The average Bonchev–Trinajstić information content (AvgIpc) is 0.683. The van der Waals surface area contributed by atoms with Crippen LogP contribution in [0.4, 0.5) is 0 Å². The molecule has 0 aromatic heterocycles. The zero-order valence-corrected chi connectivity index (χ0v) is 61.1. The maximum absolute atomic E-state index is 13.3. The summed E-state index contributed by atoms with van der Waals surface area (Å²) in [5.74, 6) is 15.5. The lowest BCUT2D eigenvalue weighted by atomic mass is 9.34. The number of fused-ring (bicyclic) bond motifs is 6. The molecule has 0 radical (unpaired) electrons. The maximum atomic E-state index is 13.3. The van der Waals surface area contributed by atoms with Crippen molar-refractivity contribution in [3.8, 4) is 0 Å². The van der Waals surface area contributed by atoms with Crippen LogP contribution in [0.2, 0.25) is 0 Å². The van der Waals surface area contributed by atoms with E-state index in [0.29, 0.717) is 80.4 Å². The van der Waals surface area contributed by atoms with Crippen molar-refractivity contribution in [3.63, 3.8) is 0 Å². The van der Waals surface area contributed by atoms with Crippen molar-refractivity contribution in [3.05, 3.63) is 23.3 Å². The number of hydrogen-bond acceptors (Lipinski definition) is 13. The van der Waals surface area contributed by atoms with Gasteiger partial charge in [-0.05, 0) is 182 Å². The minimum Gasteiger partial charge on any atom is -0.481 e. The number of hydrogen-bond donors (Lipinski definition) is 8. The highest BCUT2D eigenvalue weighted by atomic mass is 16.5. The molecule has 15 heteroatoms. The van der Waals surface area contributed by atoms with Crippen molar-refractivity contribution >= 4 is 11.9 Å². The van der Waals surface area contributed by atoms with Crippen LogP contribution >= 0.6 is 0 Å². The van der Waals surface area contributed by atoms with E-state index in [1.165, 1.54) is 5.57 Å². The maximum Gasteiger partial charge on any atom is 0.307 e. The van der Waals surface area contributed by atoms with Crippen LogP contribution in [0, 0.1) is 124 Å².